The first-order chi connectivity index (χ1) is 4.18. The minimum atomic E-state index is -0.0903. The first kappa shape index (κ1) is 9.20. The van der Waals surface area contributed by atoms with Crippen LogP contribution in [0.3, 0.4) is 0 Å². The molecule has 0 heterocycles. The van der Waals surface area contributed by atoms with E-state index in [-0.39, 0.29) is 6.04 Å². The van der Waals surface area contributed by atoms with Crippen molar-refractivity contribution in [2.24, 2.45) is 11.5 Å². The standard InChI is InChI=1S/C5H12N2S2/c1-9-3-2-4(6)5(7)8/h4H,2-3,6H2,1H3,(H2,7,8)/t4-/m0/s1. The lowest BCUT2D eigenvalue weighted by atomic mass is 10.2. The van der Waals surface area contributed by atoms with Gasteiger partial charge < -0.3 is 11.5 Å². The maximum atomic E-state index is 5.52. The van der Waals surface area contributed by atoms with Crippen molar-refractivity contribution in [1.29, 1.82) is 0 Å². The van der Waals surface area contributed by atoms with Crippen LogP contribution in [-0.4, -0.2) is 23.0 Å². The highest BCUT2D eigenvalue weighted by atomic mass is 32.2. The fourth-order valence-electron chi connectivity index (χ4n) is 0.387. The molecule has 0 radical (unpaired) electrons. The highest BCUT2D eigenvalue weighted by Crippen LogP contribution is 1.97. The Morgan fingerprint density at radius 3 is 2.67 bits per heavy atom. The largest absolute Gasteiger partial charge is 0.392 e. The van der Waals surface area contributed by atoms with E-state index in [2.05, 4.69) is 12.2 Å². The van der Waals surface area contributed by atoms with E-state index in [4.69, 9.17) is 11.5 Å². The van der Waals surface area contributed by atoms with Crippen LogP contribution in [0.4, 0.5) is 0 Å². The highest BCUT2D eigenvalue weighted by Gasteiger charge is 2.02. The summed E-state index contributed by atoms with van der Waals surface area (Å²) in [6.07, 6.45) is 2.92. The molecule has 0 aromatic rings. The second-order valence-electron chi connectivity index (χ2n) is 1.79. The van der Waals surface area contributed by atoms with Gasteiger partial charge in [-0.15, -0.1) is 0 Å². The van der Waals surface area contributed by atoms with Crippen LogP contribution in [0.2, 0.25) is 0 Å². The zero-order valence-corrected chi connectivity index (χ0v) is 7.10. The molecule has 4 N–H and O–H groups in total. The summed E-state index contributed by atoms with van der Waals surface area (Å²) in [6, 6.07) is -0.0903. The summed E-state index contributed by atoms with van der Waals surface area (Å²) in [4.78, 5) is 0.420. The molecule has 0 bridgehead atoms. The molecule has 0 saturated heterocycles. The number of hydrogen-bond acceptors (Lipinski definition) is 3. The predicted octanol–water partition coefficient (Wildman–Crippen LogP) is 0.353. The van der Waals surface area contributed by atoms with E-state index in [1.165, 1.54) is 0 Å². The summed E-state index contributed by atoms with van der Waals surface area (Å²) >= 11 is 6.43. The Morgan fingerprint density at radius 1 is 1.78 bits per heavy atom. The van der Waals surface area contributed by atoms with Crippen LogP contribution in [0.5, 0.6) is 0 Å². The Labute approximate surface area is 65.4 Å². The van der Waals surface area contributed by atoms with Crippen molar-refractivity contribution in [1.82, 2.24) is 0 Å². The summed E-state index contributed by atoms with van der Waals surface area (Å²) in [7, 11) is 0. The van der Waals surface area contributed by atoms with Crippen LogP contribution < -0.4 is 11.5 Å². The van der Waals surface area contributed by atoms with E-state index in [1.54, 1.807) is 11.8 Å². The average molecular weight is 164 g/mol. The number of thiocarbonyl (C=S) groups is 1. The molecule has 0 fully saturated rings. The van der Waals surface area contributed by atoms with Gasteiger partial charge in [-0.2, -0.15) is 11.8 Å². The van der Waals surface area contributed by atoms with Crippen molar-refractivity contribution in [3.05, 3.63) is 0 Å². The van der Waals surface area contributed by atoms with E-state index >= 15 is 0 Å². The van der Waals surface area contributed by atoms with E-state index in [0.717, 1.165) is 12.2 Å². The molecule has 0 aromatic heterocycles. The average Bonchev–Trinajstić information content (AvgIpc) is 1.82. The quantitative estimate of drug-likeness (QED) is 0.589. The summed E-state index contributed by atoms with van der Waals surface area (Å²) in [5, 5.41) is 0. The van der Waals surface area contributed by atoms with Gasteiger partial charge in [0.25, 0.3) is 0 Å². The molecule has 2 nitrogen and oxygen atoms in total. The van der Waals surface area contributed by atoms with E-state index in [1.807, 2.05) is 6.26 Å². The maximum absolute atomic E-state index is 5.52. The summed E-state index contributed by atoms with van der Waals surface area (Å²) < 4.78 is 0. The lowest BCUT2D eigenvalue weighted by Crippen LogP contribution is -2.35. The third kappa shape index (κ3) is 4.69. The van der Waals surface area contributed by atoms with Crippen LogP contribution in [0, 0.1) is 0 Å². The monoisotopic (exact) mass is 164 g/mol. The third-order valence-electron chi connectivity index (χ3n) is 0.998. The molecular formula is C5H12N2S2. The van der Waals surface area contributed by atoms with Crippen molar-refractivity contribution < 1.29 is 0 Å². The molecule has 0 rings (SSSR count). The van der Waals surface area contributed by atoms with Gasteiger partial charge in [0.2, 0.25) is 0 Å². The first-order valence-electron chi connectivity index (χ1n) is 2.72. The van der Waals surface area contributed by atoms with Gasteiger partial charge in [-0.25, -0.2) is 0 Å². The SMILES string of the molecule is CSCC[C@H](N)C(N)=S. The predicted molar refractivity (Wildman–Crippen MR) is 47.8 cm³/mol. The molecule has 9 heavy (non-hydrogen) atoms. The zero-order valence-electron chi connectivity index (χ0n) is 5.46. The minimum absolute atomic E-state index is 0.0903. The third-order valence-corrected chi connectivity index (χ3v) is 1.95. The molecule has 0 aliphatic rings. The number of hydrogen-bond donors (Lipinski definition) is 2. The van der Waals surface area contributed by atoms with Gasteiger partial charge in [-0.3, -0.25) is 0 Å². The van der Waals surface area contributed by atoms with Crippen LogP contribution in [0.25, 0.3) is 0 Å². The van der Waals surface area contributed by atoms with Crippen LogP contribution in [-0.2, 0) is 0 Å². The topological polar surface area (TPSA) is 52.0 Å². The fourth-order valence-corrected chi connectivity index (χ4v) is 0.995. The minimum Gasteiger partial charge on any atom is -0.392 e. The van der Waals surface area contributed by atoms with Crippen molar-refractivity contribution in [3.63, 3.8) is 0 Å². The fraction of sp³-hybridized carbons (Fsp3) is 0.800. The zero-order chi connectivity index (χ0) is 7.28. The van der Waals surface area contributed by atoms with Crippen LogP contribution >= 0.6 is 24.0 Å². The summed E-state index contributed by atoms with van der Waals surface area (Å²) in [5.41, 5.74) is 10.8. The van der Waals surface area contributed by atoms with Crippen molar-refractivity contribution >= 4 is 29.0 Å². The highest BCUT2D eigenvalue weighted by molar-refractivity contribution is 7.98. The maximum Gasteiger partial charge on any atom is 0.0897 e. The molecule has 1 atom stereocenters. The Kier molecular flexibility index (Phi) is 5.13. The van der Waals surface area contributed by atoms with E-state index < -0.39 is 0 Å². The van der Waals surface area contributed by atoms with Gasteiger partial charge in [-0.05, 0) is 18.4 Å². The van der Waals surface area contributed by atoms with Gasteiger partial charge in [0, 0.05) is 0 Å². The van der Waals surface area contributed by atoms with Crippen molar-refractivity contribution in [2.75, 3.05) is 12.0 Å². The van der Waals surface area contributed by atoms with Gasteiger partial charge >= 0.3 is 0 Å². The number of thioether (sulfide) groups is 1. The molecule has 4 heteroatoms. The number of nitrogens with two attached hydrogens (primary N) is 2. The summed E-state index contributed by atoms with van der Waals surface area (Å²) in [6.45, 7) is 0. The van der Waals surface area contributed by atoms with Gasteiger partial charge in [0.15, 0.2) is 0 Å². The molecule has 0 amide bonds. The Hall–Kier alpha value is 0.200. The Balaban J connectivity index is 3.27. The molecule has 0 saturated carbocycles. The second kappa shape index (κ2) is 5.02. The molecule has 0 aliphatic carbocycles. The smallest absolute Gasteiger partial charge is 0.0897 e. The van der Waals surface area contributed by atoms with Crippen molar-refractivity contribution in [2.45, 2.75) is 12.5 Å². The Bertz CT molecular complexity index is 95.0. The second-order valence-corrected chi connectivity index (χ2v) is 3.25. The first-order valence-corrected chi connectivity index (χ1v) is 4.52. The lowest BCUT2D eigenvalue weighted by Gasteiger charge is -2.06. The lowest BCUT2D eigenvalue weighted by molar-refractivity contribution is 0.833. The van der Waals surface area contributed by atoms with Gasteiger partial charge in [-0.1, -0.05) is 12.2 Å². The molecule has 0 unspecified atom stereocenters. The molecule has 0 aliphatic heterocycles. The van der Waals surface area contributed by atoms with E-state index in [0.29, 0.717) is 4.99 Å². The summed E-state index contributed by atoms with van der Waals surface area (Å²) in [5.74, 6) is 1.03. The van der Waals surface area contributed by atoms with Gasteiger partial charge in [0.05, 0.1) is 11.0 Å². The molecule has 0 aromatic carbocycles. The van der Waals surface area contributed by atoms with Gasteiger partial charge in [0.1, 0.15) is 0 Å². The van der Waals surface area contributed by atoms with Crippen LogP contribution in [0.15, 0.2) is 0 Å². The number of rotatable bonds is 4. The normalized spacial score (nSPS) is 13.1. The van der Waals surface area contributed by atoms with Crippen LogP contribution in [0.1, 0.15) is 6.42 Å². The molecule has 0 spiro atoms. The van der Waals surface area contributed by atoms with E-state index in [9.17, 15) is 0 Å². The molecule has 54 valence electrons. The van der Waals surface area contributed by atoms with Crippen molar-refractivity contribution in [3.8, 4) is 0 Å². The molecular weight excluding hydrogens is 152 g/mol. The Morgan fingerprint density at radius 2 is 2.33 bits per heavy atom.